The molecule has 1 aromatic rings. The van der Waals surface area contributed by atoms with E-state index in [0.717, 1.165) is 0 Å². The minimum absolute atomic E-state index is 0.0398. The van der Waals surface area contributed by atoms with Crippen molar-refractivity contribution in [3.8, 4) is 0 Å². The summed E-state index contributed by atoms with van der Waals surface area (Å²) in [5.74, 6) is -0.355. The molecule has 4 nitrogen and oxygen atoms in total. The number of rotatable bonds is 4. The molecule has 0 spiro atoms. The van der Waals surface area contributed by atoms with Gasteiger partial charge in [0.1, 0.15) is 5.82 Å². The number of hydrogen-bond donors (Lipinski definition) is 3. The van der Waals surface area contributed by atoms with Crippen LogP contribution in [0.4, 0.5) is 9.18 Å². The Morgan fingerprint density at radius 1 is 1.35 bits per heavy atom. The van der Waals surface area contributed by atoms with E-state index in [1.54, 1.807) is 0 Å². The maximum atomic E-state index is 12.6. The highest BCUT2D eigenvalue weighted by molar-refractivity contribution is 5.74. The van der Waals surface area contributed by atoms with Crippen LogP contribution in [0.15, 0.2) is 24.3 Å². The average Bonchev–Trinajstić information content (AvgIpc) is 2.26. The molecule has 0 aliphatic heterocycles. The second-order valence-electron chi connectivity index (χ2n) is 4.08. The normalized spacial score (nSPS) is 12.3. The van der Waals surface area contributed by atoms with Crippen LogP contribution in [0.3, 0.4) is 0 Å². The number of amides is 2. The lowest BCUT2D eigenvalue weighted by atomic mass is 10.1. The van der Waals surface area contributed by atoms with Crippen LogP contribution in [0.1, 0.15) is 25.5 Å². The van der Waals surface area contributed by atoms with Crippen molar-refractivity contribution in [3.05, 3.63) is 35.6 Å². The fourth-order valence-electron chi connectivity index (χ4n) is 1.31. The quantitative estimate of drug-likeness (QED) is 0.748. The number of halogens is 1. The second-order valence-corrected chi connectivity index (χ2v) is 4.08. The monoisotopic (exact) mass is 240 g/mol. The summed E-state index contributed by atoms with van der Waals surface area (Å²) in [5.41, 5.74) is 0.566. The van der Waals surface area contributed by atoms with Crippen molar-refractivity contribution in [2.75, 3.05) is 6.54 Å². The highest BCUT2D eigenvalue weighted by Crippen LogP contribution is 2.12. The lowest BCUT2D eigenvalue weighted by molar-refractivity contribution is 0.172. The van der Waals surface area contributed by atoms with E-state index in [-0.39, 0.29) is 24.4 Å². The predicted octanol–water partition coefficient (Wildman–Crippen LogP) is 1.57. The highest BCUT2D eigenvalue weighted by atomic mass is 19.1. The van der Waals surface area contributed by atoms with E-state index in [9.17, 15) is 14.3 Å². The molecule has 1 rings (SSSR count). The number of urea groups is 1. The van der Waals surface area contributed by atoms with Crippen molar-refractivity contribution in [1.29, 1.82) is 0 Å². The summed E-state index contributed by atoms with van der Waals surface area (Å²) in [7, 11) is 0. The van der Waals surface area contributed by atoms with Crippen LogP contribution >= 0.6 is 0 Å². The third-order valence-electron chi connectivity index (χ3n) is 2.13. The number of aliphatic hydroxyl groups is 1. The third kappa shape index (κ3) is 4.82. The Morgan fingerprint density at radius 3 is 2.47 bits per heavy atom. The van der Waals surface area contributed by atoms with Gasteiger partial charge in [0.25, 0.3) is 0 Å². The molecule has 0 bridgehead atoms. The first kappa shape index (κ1) is 13.4. The van der Waals surface area contributed by atoms with Crippen LogP contribution in [0, 0.1) is 5.82 Å². The summed E-state index contributed by atoms with van der Waals surface area (Å²) in [6, 6.07) is 5.22. The molecule has 0 radical (unpaired) electrons. The van der Waals surface area contributed by atoms with Crippen LogP contribution in [0.2, 0.25) is 0 Å². The number of nitrogens with one attached hydrogen (secondary N) is 2. The molecule has 2 amide bonds. The Kier molecular flexibility index (Phi) is 4.90. The van der Waals surface area contributed by atoms with E-state index in [0.29, 0.717) is 5.56 Å². The Balaban J connectivity index is 2.42. The van der Waals surface area contributed by atoms with Gasteiger partial charge in [-0.1, -0.05) is 12.1 Å². The SMILES string of the molecule is CC(C)NC(=O)NCC(O)c1ccc(F)cc1. The number of carbonyl (C=O) groups excluding carboxylic acids is 1. The van der Waals surface area contributed by atoms with Gasteiger partial charge in [0, 0.05) is 12.6 Å². The Morgan fingerprint density at radius 2 is 1.94 bits per heavy atom. The molecule has 94 valence electrons. The van der Waals surface area contributed by atoms with Crippen LogP contribution in [0.5, 0.6) is 0 Å². The molecule has 5 heteroatoms. The Labute approximate surface area is 99.8 Å². The third-order valence-corrected chi connectivity index (χ3v) is 2.13. The molecule has 0 saturated carbocycles. The highest BCUT2D eigenvalue weighted by Gasteiger charge is 2.09. The van der Waals surface area contributed by atoms with E-state index >= 15 is 0 Å². The molecule has 0 aliphatic rings. The maximum Gasteiger partial charge on any atom is 0.315 e. The molecule has 1 aromatic carbocycles. The first-order valence-electron chi connectivity index (χ1n) is 5.47. The molecule has 3 N–H and O–H groups in total. The predicted molar refractivity (Wildman–Crippen MR) is 63.0 cm³/mol. The van der Waals surface area contributed by atoms with Crippen molar-refractivity contribution >= 4 is 6.03 Å². The summed E-state index contributed by atoms with van der Waals surface area (Å²) in [5, 5.41) is 14.9. The van der Waals surface area contributed by atoms with Gasteiger partial charge in [-0.2, -0.15) is 0 Å². The van der Waals surface area contributed by atoms with Gasteiger partial charge < -0.3 is 15.7 Å². The molecule has 0 fully saturated rings. The van der Waals surface area contributed by atoms with E-state index < -0.39 is 6.10 Å². The summed E-state index contributed by atoms with van der Waals surface area (Å²) in [6.07, 6.45) is -0.839. The molecular weight excluding hydrogens is 223 g/mol. The molecule has 0 aliphatic carbocycles. The van der Waals surface area contributed by atoms with Gasteiger partial charge in [-0.3, -0.25) is 0 Å². The van der Waals surface area contributed by atoms with Gasteiger partial charge in [0.15, 0.2) is 0 Å². The van der Waals surface area contributed by atoms with Gasteiger partial charge in [0.05, 0.1) is 6.10 Å². The average molecular weight is 240 g/mol. The van der Waals surface area contributed by atoms with Crippen molar-refractivity contribution in [2.45, 2.75) is 26.0 Å². The summed E-state index contributed by atoms with van der Waals surface area (Å²) in [4.78, 5) is 11.3. The van der Waals surface area contributed by atoms with Gasteiger partial charge in [-0.05, 0) is 31.5 Å². The van der Waals surface area contributed by atoms with Gasteiger partial charge >= 0.3 is 6.03 Å². The van der Waals surface area contributed by atoms with E-state index in [2.05, 4.69) is 10.6 Å². The first-order valence-corrected chi connectivity index (χ1v) is 5.47. The zero-order chi connectivity index (χ0) is 12.8. The van der Waals surface area contributed by atoms with Crippen LogP contribution in [-0.2, 0) is 0 Å². The molecule has 1 unspecified atom stereocenters. The topological polar surface area (TPSA) is 61.4 Å². The van der Waals surface area contributed by atoms with Crippen molar-refractivity contribution in [2.24, 2.45) is 0 Å². The van der Waals surface area contributed by atoms with Gasteiger partial charge in [-0.25, -0.2) is 9.18 Å². The minimum atomic E-state index is -0.839. The molecule has 0 saturated heterocycles. The van der Waals surface area contributed by atoms with Gasteiger partial charge in [-0.15, -0.1) is 0 Å². The maximum absolute atomic E-state index is 12.6. The fourth-order valence-corrected chi connectivity index (χ4v) is 1.31. The van der Waals surface area contributed by atoms with Crippen molar-refractivity contribution in [3.63, 3.8) is 0 Å². The minimum Gasteiger partial charge on any atom is -0.387 e. The number of carbonyl (C=O) groups is 1. The van der Waals surface area contributed by atoms with Crippen LogP contribution in [0.25, 0.3) is 0 Å². The smallest absolute Gasteiger partial charge is 0.315 e. The summed E-state index contributed by atoms with van der Waals surface area (Å²) < 4.78 is 12.6. The Bertz CT molecular complexity index is 365. The van der Waals surface area contributed by atoms with Crippen LogP contribution in [-0.4, -0.2) is 23.7 Å². The lowest BCUT2D eigenvalue weighted by Crippen LogP contribution is -2.41. The van der Waals surface area contributed by atoms with E-state index in [1.165, 1.54) is 24.3 Å². The molecular formula is C12H17FN2O2. The first-order chi connectivity index (χ1) is 7.99. The second kappa shape index (κ2) is 6.20. The number of hydrogen-bond acceptors (Lipinski definition) is 2. The van der Waals surface area contributed by atoms with Gasteiger partial charge in [0.2, 0.25) is 0 Å². The standard InChI is InChI=1S/C12H17FN2O2/c1-8(2)15-12(17)14-7-11(16)9-3-5-10(13)6-4-9/h3-6,8,11,16H,7H2,1-2H3,(H2,14,15,17). The van der Waals surface area contributed by atoms with Crippen molar-refractivity contribution in [1.82, 2.24) is 10.6 Å². The Hall–Kier alpha value is -1.62. The van der Waals surface area contributed by atoms with E-state index in [1.807, 2.05) is 13.8 Å². The van der Waals surface area contributed by atoms with Crippen LogP contribution < -0.4 is 10.6 Å². The zero-order valence-corrected chi connectivity index (χ0v) is 9.90. The number of benzene rings is 1. The molecule has 1 atom stereocenters. The largest absolute Gasteiger partial charge is 0.387 e. The summed E-state index contributed by atoms with van der Waals surface area (Å²) >= 11 is 0. The van der Waals surface area contributed by atoms with E-state index in [4.69, 9.17) is 0 Å². The number of aliphatic hydroxyl groups excluding tert-OH is 1. The molecule has 17 heavy (non-hydrogen) atoms. The van der Waals surface area contributed by atoms with Crippen molar-refractivity contribution < 1.29 is 14.3 Å². The zero-order valence-electron chi connectivity index (χ0n) is 9.90. The lowest BCUT2D eigenvalue weighted by Gasteiger charge is -2.14. The fraction of sp³-hybridized carbons (Fsp3) is 0.417. The molecule has 0 heterocycles. The molecule has 0 aromatic heterocycles. The summed E-state index contributed by atoms with van der Waals surface area (Å²) in [6.45, 7) is 3.77.